The number of hydrogen-bond donors (Lipinski definition) is 1. The van der Waals surface area contributed by atoms with E-state index in [4.69, 9.17) is 4.74 Å². The average Bonchev–Trinajstić information content (AvgIpc) is 2.63. The molecule has 2 bridgehead atoms. The number of ether oxygens (including phenoxy) is 1. The summed E-state index contributed by atoms with van der Waals surface area (Å²) in [5.74, 6) is 2.52. The molecule has 3 fully saturated rings. The number of fused-ring (bicyclic) bond motifs is 5. The Kier molecular flexibility index (Phi) is 1.50. The highest BCUT2D eigenvalue weighted by Gasteiger charge is 2.50. The van der Waals surface area contributed by atoms with Crippen LogP contribution < -0.4 is 0 Å². The van der Waals surface area contributed by atoms with Crippen molar-refractivity contribution in [2.45, 2.75) is 44.5 Å². The Labute approximate surface area is 72.9 Å². The second-order valence-electron chi connectivity index (χ2n) is 4.63. The van der Waals surface area contributed by atoms with Gasteiger partial charge >= 0.3 is 0 Å². The number of hydrogen-bond acceptors (Lipinski definition) is 2. The Bertz CT molecular complexity index is 192. The molecule has 68 valence electrons. The lowest BCUT2D eigenvalue weighted by Crippen LogP contribution is -2.38. The molecule has 2 heteroatoms. The van der Waals surface area contributed by atoms with E-state index in [1.165, 1.54) is 25.7 Å². The minimum atomic E-state index is -0.453. The largest absolute Gasteiger partial charge is 0.368 e. The van der Waals surface area contributed by atoms with Crippen molar-refractivity contribution in [3.63, 3.8) is 0 Å². The summed E-state index contributed by atoms with van der Waals surface area (Å²) in [6.07, 6.45) is 6.18. The van der Waals surface area contributed by atoms with Crippen molar-refractivity contribution in [2.75, 3.05) is 0 Å². The van der Waals surface area contributed by atoms with Gasteiger partial charge in [0.25, 0.3) is 0 Å². The van der Waals surface area contributed by atoms with E-state index in [0.29, 0.717) is 6.10 Å². The molecular weight excluding hydrogens is 152 g/mol. The van der Waals surface area contributed by atoms with E-state index in [9.17, 15) is 5.11 Å². The van der Waals surface area contributed by atoms with Gasteiger partial charge in [0, 0.05) is 0 Å². The Balaban J connectivity index is 1.81. The highest BCUT2D eigenvalue weighted by molar-refractivity contribution is 4.98. The van der Waals surface area contributed by atoms with E-state index < -0.39 is 6.29 Å². The summed E-state index contributed by atoms with van der Waals surface area (Å²) >= 11 is 0. The minimum Gasteiger partial charge on any atom is -0.368 e. The number of rotatable bonds is 0. The average molecular weight is 168 g/mol. The first kappa shape index (κ1) is 7.34. The molecule has 0 aromatic heterocycles. The predicted octanol–water partition coefficient (Wildman–Crippen LogP) is 1.53. The third-order valence-electron chi connectivity index (χ3n) is 4.07. The van der Waals surface area contributed by atoms with Gasteiger partial charge in [0.1, 0.15) is 0 Å². The van der Waals surface area contributed by atoms with Crippen molar-refractivity contribution in [1.29, 1.82) is 0 Å². The lowest BCUT2D eigenvalue weighted by molar-refractivity contribution is -0.194. The molecule has 5 unspecified atom stereocenters. The Morgan fingerprint density at radius 2 is 1.83 bits per heavy atom. The summed E-state index contributed by atoms with van der Waals surface area (Å²) < 4.78 is 5.60. The van der Waals surface area contributed by atoms with Gasteiger partial charge in [-0.25, -0.2) is 0 Å². The van der Waals surface area contributed by atoms with Crippen molar-refractivity contribution in [3.8, 4) is 0 Å². The molecule has 12 heavy (non-hydrogen) atoms. The third-order valence-corrected chi connectivity index (χ3v) is 4.07. The molecule has 1 saturated heterocycles. The quantitative estimate of drug-likeness (QED) is 0.594. The summed E-state index contributed by atoms with van der Waals surface area (Å²) in [5.41, 5.74) is 0. The summed E-state index contributed by atoms with van der Waals surface area (Å²) in [6, 6.07) is 0. The lowest BCUT2D eigenvalue weighted by atomic mass is 9.81. The molecule has 2 nitrogen and oxygen atoms in total. The molecule has 2 saturated carbocycles. The van der Waals surface area contributed by atoms with Crippen LogP contribution >= 0.6 is 0 Å². The summed E-state index contributed by atoms with van der Waals surface area (Å²) in [6.45, 7) is 0. The van der Waals surface area contributed by atoms with Gasteiger partial charge in [-0.3, -0.25) is 0 Å². The highest BCUT2D eigenvalue weighted by atomic mass is 16.6. The van der Waals surface area contributed by atoms with Crippen LogP contribution in [0.4, 0.5) is 0 Å². The Morgan fingerprint density at radius 1 is 1.00 bits per heavy atom. The number of aliphatic hydroxyl groups excluding tert-OH is 1. The van der Waals surface area contributed by atoms with Crippen LogP contribution in [0.5, 0.6) is 0 Å². The summed E-state index contributed by atoms with van der Waals surface area (Å²) in [7, 11) is 0. The van der Waals surface area contributed by atoms with Crippen LogP contribution in [0.1, 0.15) is 32.1 Å². The van der Waals surface area contributed by atoms with Gasteiger partial charge in [-0.05, 0) is 49.9 Å². The van der Waals surface area contributed by atoms with E-state index in [0.717, 1.165) is 24.2 Å². The van der Waals surface area contributed by atoms with Gasteiger partial charge in [-0.15, -0.1) is 0 Å². The monoisotopic (exact) mass is 168 g/mol. The van der Waals surface area contributed by atoms with Gasteiger partial charge in [0.15, 0.2) is 6.29 Å². The molecule has 0 aromatic rings. The second-order valence-corrected chi connectivity index (χ2v) is 4.63. The van der Waals surface area contributed by atoms with E-state index in [2.05, 4.69) is 0 Å². The van der Waals surface area contributed by atoms with Crippen molar-refractivity contribution >= 4 is 0 Å². The number of aliphatic hydroxyl groups is 1. The zero-order valence-electron chi connectivity index (χ0n) is 7.28. The summed E-state index contributed by atoms with van der Waals surface area (Å²) in [4.78, 5) is 0. The standard InChI is InChI=1S/C10H16O2/c11-9-4-3-8-6-1-2-7(5-6)10(8)12-9/h6-11H,1-5H2. The highest BCUT2D eigenvalue weighted by Crippen LogP contribution is 2.53. The van der Waals surface area contributed by atoms with E-state index in [1.807, 2.05) is 0 Å². The molecule has 1 heterocycles. The maximum absolute atomic E-state index is 9.36. The normalized spacial score (nSPS) is 57.2. The molecule has 1 aliphatic heterocycles. The molecule has 0 amide bonds. The van der Waals surface area contributed by atoms with Gasteiger partial charge in [-0.1, -0.05) is 0 Å². The SMILES string of the molecule is OC1CCC2C3CCC(C3)C2O1. The third kappa shape index (κ3) is 0.882. The second kappa shape index (κ2) is 2.46. The maximum Gasteiger partial charge on any atom is 0.154 e. The molecule has 0 spiro atoms. The fourth-order valence-electron chi connectivity index (χ4n) is 3.55. The van der Waals surface area contributed by atoms with Gasteiger partial charge in [0.05, 0.1) is 6.10 Å². The maximum atomic E-state index is 9.36. The fourth-order valence-corrected chi connectivity index (χ4v) is 3.55. The van der Waals surface area contributed by atoms with Crippen molar-refractivity contribution in [2.24, 2.45) is 17.8 Å². The van der Waals surface area contributed by atoms with Crippen molar-refractivity contribution < 1.29 is 9.84 Å². The van der Waals surface area contributed by atoms with Crippen LogP contribution in [0, 0.1) is 17.8 Å². The molecule has 1 N–H and O–H groups in total. The van der Waals surface area contributed by atoms with E-state index in [-0.39, 0.29) is 0 Å². The van der Waals surface area contributed by atoms with Crippen LogP contribution in [-0.2, 0) is 4.74 Å². The summed E-state index contributed by atoms with van der Waals surface area (Å²) in [5, 5.41) is 9.36. The van der Waals surface area contributed by atoms with Crippen LogP contribution in [0.3, 0.4) is 0 Å². The van der Waals surface area contributed by atoms with E-state index in [1.54, 1.807) is 0 Å². The van der Waals surface area contributed by atoms with Gasteiger partial charge in [0.2, 0.25) is 0 Å². The molecule has 2 aliphatic carbocycles. The molecule has 0 aromatic carbocycles. The molecule has 3 aliphatic rings. The first-order valence-corrected chi connectivity index (χ1v) is 5.18. The molecule has 5 atom stereocenters. The van der Waals surface area contributed by atoms with Gasteiger partial charge < -0.3 is 9.84 Å². The van der Waals surface area contributed by atoms with Crippen LogP contribution in [0.15, 0.2) is 0 Å². The Hall–Kier alpha value is -0.0800. The first-order chi connectivity index (χ1) is 5.84. The zero-order valence-corrected chi connectivity index (χ0v) is 7.28. The smallest absolute Gasteiger partial charge is 0.154 e. The van der Waals surface area contributed by atoms with Crippen molar-refractivity contribution in [3.05, 3.63) is 0 Å². The fraction of sp³-hybridized carbons (Fsp3) is 1.00. The van der Waals surface area contributed by atoms with E-state index >= 15 is 0 Å². The molecule has 0 radical (unpaired) electrons. The molecule has 3 rings (SSSR count). The lowest BCUT2D eigenvalue weighted by Gasteiger charge is -2.37. The van der Waals surface area contributed by atoms with Crippen molar-refractivity contribution in [1.82, 2.24) is 0 Å². The molecular formula is C10H16O2. The predicted molar refractivity (Wildman–Crippen MR) is 44.4 cm³/mol. The zero-order chi connectivity index (χ0) is 8.13. The first-order valence-electron chi connectivity index (χ1n) is 5.18. The minimum absolute atomic E-state index is 0.424. The van der Waals surface area contributed by atoms with Crippen LogP contribution in [-0.4, -0.2) is 17.5 Å². The van der Waals surface area contributed by atoms with Crippen LogP contribution in [0.2, 0.25) is 0 Å². The van der Waals surface area contributed by atoms with Crippen LogP contribution in [0.25, 0.3) is 0 Å². The van der Waals surface area contributed by atoms with Gasteiger partial charge in [-0.2, -0.15) is 0 Å². The topological polar surface area (TPSA) is 29.5 Å². The Morgan fingerprint density at radius 3 is 2.75 bits per heavy atom.